The molecule has 0 spiro atoms. The molecule has 1 aliphatic heterocycles. The second-order valence-corrected chi connectivity index (χ2v) is 5.16. The molecule has 0 radical (unpaired) electrons. The molecule has 0 aromatic heterocycles. The van der Waals surface area contributed by atoms with E-state index in [2.05, 4.69) is 44.2 Å². The summed E-state index contributed by atoms with van der Waals surface area (Å²) in [5, 5.41) is 0. The summed E-state index contributed by atoms with van der Waals surface area (Å²) in [7, 11) is 0. The topological polar surface area (TPSA) is 12.5 Å². The standard InChI is InChI=1S/C16H24O/c1-3-5-9-13(4-2)12-15-16(17-15)14-10-7-6-8-11-14/h6-8,10-11,13,15-16H,3-5,9,12H2,1-2H3. The number of ether oxygens (including phenoxy) is 1. The summed E-state index contributed by atoms with van der Waals surface area (Å²) in [5.74, 6) is 0.855. The molecular formula is C16H24O. The van der Waals surface area contributed by atoms with Crippen LogP contribution in [-0.2, 0) is 4.74 Å². The summed E-state index contributed by atoms with van der Waals surface area (Å²) in [4.78, 5) is 0. The van der Waals surface area contributed by atoms with E-state index in [1.807, 2.05) is 0 Å². The summed E-state index contributed by atoms with van der Waals surface area (Å²) in [6.07, 6.45) is 7.45. The van der Waals surface area contributed by atoms with Crippen LogP contribution in [0.25, 0.3) is 0 Å². The first-order valence-electron chi connectivity index (χ1n) is 7.05. The van der Waals surface area contributed by atoms with E-state index in [-0.39, 0.29) is 0 Å². The Bertz CT molecular complexity index is 320. The van der Waals surface area contributed by atoms with Gasteiger partial charge in [-0.25, -0.2) is 0 Å². The highest BCUT2D eigenvalue weighted by atomic mass is 16.6. The van der Waals surface area contributed by atoms with Crippen molar-refractivity contribution in [2.45, 2.75) is 58.2 Å². The van der Waals surface area contributed by atoms with Crippen LogP contribution in [0, 0.1) is 5.92 Å². The van der Waals surface area contributed by atoms with Crippen molar-refractivity contribution >= 4 is 0 Å². The molecule has 1 heterocycles. The third-order valence-electron chi connectivity index (χ3n) is 3.82. The molecule has 0 saturated carbocycles. The number of unbranched alkanes of at least 4 members (excludes halogenated alkanes) is 1. The molecule has 1 nitrogen and oxygen atoms in total. The lowest BCUT2D eigenvalue weighted by molar-refractivity contribution is 0.321. The number of rotatable bonds is 7. The molecule has 1 aromatic rings. The first kappa shape index (κ1) is 12.6. The third kappa shape index (κ3) is 3.57. The Balaban J connectivity index is 1.78. The molecular weight excluding hydrogens is 208 g/mol. The van der Waals surface area contributed by atoms with E-state index in [1.165, 1.54) is 37.7 Å². The SMILES string of the molecule is CCCCC(CC)CC1OC1c1ccccc1. The van der Waals surface area contributed by atoms with Gasteiger partial charge in [0.05, 0.1) is 6.10 Å². The van der Waals surface area contributed by atoms with Crippen LogP contribution in [0.1, 0.15) is 57.6 Å². The maximum absolute atomic E-state index is 5.82. The van der Waals surface area contributed by atoms with Crippen molar-refractivity contribution in [1.82, 2.24) is 0 Å². The van der Waals surface area contributed by atoms with E-state index in [4.69, 9.17) is 4.74 Å². The fraction of sp³-hybridized carbons (Fsp3) is 0.625. The number of epoxide rings is 1. The Labute approximate surface area is 105 Å². The van der Waals surface area contributed by atoms with Gasteiger partial charge in [0.2, 0.25) is 0 Å². The Hall–Kier alpha value is -0.820. The molecule has 1 aromatic carbocycles. The molecule has 0 bridgehead atoms. The van der Waals surface area contributed by atoms with Crippen LogP contribution < -0.4 is 0 Å². The van der Waals surface area contributed by atoms with E-state index in [1.54, 1.807) is 0 Å². The van der Waals surface area contributed by atoms with E-state index < -0.39 is 0 Å². The van der Waals surface area contributed by atoms with Crippen LogP contribution >= 0.6 is 0 Å². The minimum Gasteiger partial charge on any atom is -0.364 e. The van der Waals surface area contributed by atoms with Gasteiger partial charge in [0.25, 0.3) is 0 Å². The summed E-state index contributed by atoms with van der Waals surface area (Å²) in [5.41, 5.74) is 1.35. The Kier molecular flexibility index (Phi) is 4.61. The van der Waals surface area contributed by atoms with E-state index in [9.17, 15) is 0 Å². The molecule has 1 heteroatoms. The Morgan fingerprint density at radius 3 is 2.59 bits per heavy atom. The average Bonchev–Trinajstić information content (AvgIpc) is 3.15. The first-order chi connectivity index (χ1) is 8.35. The molecule has 0 amide bonds. The lowest BCUT2D eigenvalue weighted by Crippen LogP contribution is -2.03. The van der Waals surface area contributed by atoms with E-state index in [0.717, 1.165) is 5.92 Å². The molecule has 1 saturated heterocycles. The molecule has 1 fully saturated rings. The fourth-order valence-corrected chi connectivity index (χ4v) is 2.57. The predicted octanol–water partition coefficient (Wildman–Crippen LogP) is 4.73. The van der Waals surface area contributed by atoms with Crippen LogP contribution in [0.15, 0.2) is 30.3 Å². The predicted molar refractivity (Wildman–Crippen MR) is 72.0 cm³/mol. The largest absolute Gasteiger partial charge is 0.364 e. The highest BCUT2D eigenvalue weighted by molar-refractivity contribution is 5.22. The molecule has 0 aliphatic carbocycles. The summed E-state index contributed by atoms with van der Waals surface area (Å²) < 4.78 is 5.82. The van der Waals surface area contributed by atoms with Crippen molar-refractivity contribution < 1.29 is 4.74 Å². The van der Waals surface area contributed by atoms with Gasteiger partial charge in [0.1, 0.15) is 6.10 Å². The lowest BCUT2D eigenvalue weighted by atomic mass is 9.92. The van der Waals surface area contributed by atoms with Gasteiger partial charge in [0.15, 0.2) is 0 Å². The van der Waals surface area contributed by atoms with Gasteiger partial charge in [-0.3, -0.25) is 0 Å². The molecule has 17 heavy (non-hydrogen) atoms. The maximum Gasteiger partial charge on any atom is 0.109 e. The Morgan fingerprint density at radius 1 is 1.18 bits per heavy atom. The molecule has 0 N–H and O–H groups in total. The second-order valence-electron chi connectivity index (χ2n) is 5.16. The van der Waals surface area contributed by atoms with Crippen molar-refractivity contribution in [1.29, 1.82) is 0 Å². The van der Waals surface area contributed by atoms with Gasteiger partial charge < -0.3 is 4.74 Å². The smallest absolute Gasteiger partial charge is 0.109 e. The zero-order chi connectivity index (χ0) is 12.1. The van der Waals surface area contributed by atoms with Gasteiger partial charge in [-0.05, 0) is 17.9 Å². The summed E-state index contributed by atoms with van der Waals surface area (Å²) in [6, 6.07) is 10.6. The first-order valence-corrected chi connectivity index (χ1v) is 7.05. The molecule has 2 rings (SSSR count). The zero-order valence-electron chi connectivity index (χ0n) is 11.1. The second kappa shape index (κ2) is 6.20. The number of hydrogen-bond acceptors (Lipinski definition) is 1. The fourth-order valence-electron chi connectivity index (χ4n) is 2.57. The van der Waals surface area contributed by atoms with Crippen LogP contribution in [0.3, 0.4) is 0 Å². The average molecular weight is 232 g/mol. The van der Waals surface area contributed by atoms with Gasteiger partial charge >= 0.3 is 0 Å². The quantitative estimate of drug-likeness (QED) is 0.619. The van der Waals surface area contributed by atoms with E-state index in [0.29, 0.717) is 12.2 Å². The van der Waals surface area contributed by atoms with Crippen LogP contribution in [0.2, 0.25) is 0 Å². The van der Waals surface area contributed by atoms with E-state index >= 15 is 0 Å². The maximum atomic E-state index is 5.82. The molecule has 94 valence electrons. The van der Waals surface area contributed by atoms with Crippen molar-refractivity contribution in [3.05, 3.63) is 35.9 Å². The van der Waals surface area contributed by atoms with Gasteiger partial charge in [-0.15, -0.1) is 0 Å². The monoisotopic (exact) mass is 232 g/mol. The third-order valence-corrected chi connectivity index (χ3v) is 3.82. The Morgan fingerprint density at radius 2 is 1.94 bits per heavy atom. The van der Waals surface area contributed by atoms with Crippen molar-refractivity contribution in [3.63, 3.8) is 0 Å². The normalized spacial score (nSPS) is 24.6. The van der Waals surface area contributed by atoms with Crippen LogP contribution in [-0.4, -0.2) is 6.10 Å². The van der Waals surface area contributed by atoms with Gasteiger partial charge in [-0.1, -0.05) is 69.9 Å². The van der Waals surface area contributed by atoms with Crippen LogP contribution in [0.4, 0.5) is 0 Å². The number of hydrogen-bond donors (Lipinski definition) is 0. The van der Waals surface area contributed by atoms with Gasteiger partial charge in [-0.2, -0.15) is 0 Å². The minimum absolute atomic E-state index is 0.381. The summed E-state index contributed by atoms with van der Waals surface area (Å²) >= 11 is 0. The highest BCUT2D eigenvalue weighted by Gasteiger charge is 2.40. The number of benzene rings is 1. The molecule has 1 aliphatic rings. The van der Waals surface area contributed by atoms with Crippen molar-refractivity contribution in [3.8, 4) is 0 Å². The molecule has 3 unspecified atom stereocenters. The summed E-state index contributed by atoms with van der Waals surface area (Å²) in [6.45, 7) is 4.58. The van der Waals surface area contributed by atoms with Crippen molar-refractivity contribution in [2.24, 2.45) is 5.92 Å². The zero-order valence-corrected chi connectivity index (χ0v) is 11.1. The van der Waals surface area contributed by atoms with Crippen LogP contribution in [0.5, 0.6) is 0 Å². The molecule has 3 atom stereocenters. The minimum atomic E-state index is 0.381. The van der Waals surface area contributed by atoms with Gasteiger partial charge in [0, 0.05) is 0 Å². The highest BCUT2D eigenvalue weighted by Crippen LogP contribution is 2.43. The lowest BCUT2D eigenvalue weighted by Gasteiger charge is -2.12. The van der Waals surface area contributed by atoms with Crippen molar-refractivity contribution in [2.75, 3.05) is 0 Å².